The van der Waals surface area contributed by atoms with E-state index in [-0.39, 0.29) is 18.1 Å². The van der Waals surface area contributed by atoms with Gasteiger partial charge in [-0.1, -0.05) is 6.07 Å². The molecule has 0 atom stereocenters. The van der Waals surface area contributed by atoms with Crippen molar-refractivity contribution in [3.63, 3.8) is 0 Å². The van der Waals surface area contributed by atoms with E-state index in [4.69, 9.17) is 4.74 Å². The number of halogens is 1. The Kier molecular flexibility index (Phi) is 4.31. The van der Waals surface area contributed by atoms with Crippen LogP contribution in [0, 0.1) is 12.7 Å². The van der Waals surface area contributed by atoms with Crippen molar-refractivity contribution in [1.82, 2.24) is 9.97 Å². The zero-order chi connectivity index (χ0) is 17.9. The summed E-state index contributed by atoms with van der Waals surface area (Å²) in [6.07, 6.45) is 6.88. The van der Waals surface area contributed by atoms with Gasteiger partial charge < -0.3 is 9.64 Å². The summed E-state index contributed by atoms with van der Waals surface area (Å²) < 4.78 is 19.4. The van der Waals surface area contributed by atoms with Gasteiger partial charge in [-0.2, -0.15) is 0 Å². The van der Waals surface area contributed by atoms with Crippen LogP contribution in [0.2, 0.25) is 0 Å². The zero-order valence-electron chi connectivity index (χ0n) is 14.3. The highest BCUT2D eigenvalue weighted by Gasteiger charge is 2.16. The summed E-state index contributed by atoms with van der Waals surface area (Å²) in [5, 5.41) is 0. The van der Waals surface area contributed by atoms with E-state index in [2.05, 4.69) is 19.9 Å². The number of aryl methyl sites for hydroxylation is 1. The van der Waals surface area contributed by atoms with Crippen molar-refractivity contribution in [2.45, 2.75) is 20.1 Å². The van der Waals surface area contributed by atoms with Crippen LogP contribution in [-0.4, -0.2) is 16.3 Å². The molecule has 0 N–H and O–H groups in total. The first kappa shape index (κ1) is 16.2. The molecule has 0 unspecified atom stereocenters. The number of anilines is 1. The van der Waals surface area contributed by atoms with Gasteiger partial charge in [0.1, 0.15) is 23.9 Å². The standard InChI is InChI=1S/C20H17FN4O/c1-14-4-5-16(26-12-19-17(21)3-2-7-23-19)9-20(14)25-11-15-6-8-22-10-18(15)24-13-25/h2-10,13H,11-12H2,1H3. The van der Waals surface area contributed by atoms with Crippen molar-refractivity contribution in [3.05, 3.63) is 77.6 Å². The van der Waals surface area contributed by atoms with Gasteiger partial charge in [0.25, 0.3) is 0 Å². The maximum absolute atomic E-state index is 13.7. The van der Waals surface area contributed by atoms with Gasteiger partial charge in [0.2, 0.25) is 0 Å². The van der Waals surface area contributed by atoms with Crippen molar-refractivity contribution >= 4 is 17.7 Å². The summed E-state index contributed by atoms with van der Waals surface area (Å²) in [4.78, 5) is 14.6. The molecule has 5 nitrogen and oxygen atoms in total. The molecule has 0 amide bonds. The highest BCUT2D eigenvalue weighted by molar-refractivity contribution is 5.85. The van der Waals surface area contributed by atoms with Gasteiger partial charge in [0, 0.05) is 29.7 Å². The van der Waals surface area contributed by atoms with Crippen molar-refractivity contribution in [2.75, 3.05) is 4.90 Å². The van der Waals surface area contributed by atoms with Crippen LogP contribution in [0.15, 0.2) is 60.0 Å². The van der Waals surface area contributed by atoms with Crippen LogP contribution in [0.3, 0.4) is 0 Å². The van der Waals surface area contributed by atoms with Crippen molar-refractivity contribution in [3.8, 4) is 5.75 Å². The normalized spacial score (nSPS) is 12.8. The monoisotopic (exact) mass is 348 g/mol. The van der Waals surface area contributed by atoms with Crippen LogP contribution in [0.25, 0.3) is 0 Å². The molecule has 0 saturated heterocycles. The molecule has 3 aromatic rings. The van der Waals surface area contributed by atoms with Gasteiger partial charge in [-0.3, -0.25) is 9.97 Å². The van der Waals surface area contributed by atoms with Crippen molar-refractivity contribution in [1.29, 1.82) is 0 Å². The van der Waals surface area contributed by atoms with Crippen LogP contribution in [0.5, 0.6) is 5.75 Å². The Morgan fingerprint density at radius 2 is 2.12 bits per heavy atom. The summed E-state index contributed by atoms with van der Waals surface area (Å²) >= 11 is 0. The number of aromatic nitrogens is 2. The lowest BCUT2D eigenvalue weighted by molar-refractivity contribution is 0.294. The number of benzene rings is 1. The summed E-state index contributed by atoms with van der Waals surface area (Å²) in [5.41, 5.74) is 4.39. The van der Waals surface area contributed by atoms with Crippen LogP contribution in [-0.2, 0) is 13.2 Å². The number of fused-ring (bicyclic) bond motifs is 1. The first-order valence-corrected chi connectivity index (χ1v) is 8.27. The van der Waals surface area contributed by atoms with Crippen LogP contribution >= 0.6 is 0 Å². The number of pyridine rings is 2. The lowest BCUT2D eigenvalue weighted by Gasteiger charge is -2.26. The number of ether oxygens (including phenoxy) is 1. The molecule has 1 aliphatic rings. The molecule has 0 radical (unpaired) electrons. The van der Waals surface area contributed by atoms with E-state index >= 15 is 0 Å². The molecule has 0 saturated carbocycles. The molecule has 26 heavy (non-hydrogen) atoms. The van der Waals surface area contributed by atoms with Crippen molar-refractivity contribution in [2.24, 2.45) is 4.99 Å². The first-order chi connectivity index (χ1) is 12.7. The van der Waals surface area contributed by atoms with Gasteiger partial charge in [-0.15, -0.1) is 0 Å². The van der Waals surface area contributed by atoms with Gasteiger partial charge in [0.15, 0.2) is 0 Å². The molecule has 0 aliphatic carbocycles. The number of aliphatic imine (C=N–C) groups is 1. The fourth-order valence-corrected chi connectivity index (χ4v) is 2.83. The number of hydrogen-bond donors (Lipinski definition) is 0. The molecule has 1 aliphatic heterocycles. The van der Waals surface area contributed by atoms with Crippen molar-refractivity contribution < 1.29 is 9.13 Å². The Labute approximate surface area is 150 Å². The Hall–Kier alpha value is -3.28. The maximum atomic E-state index is 13.7. The topological polar surface area (TPSA) is 50.6 Å². The Bertz CT molecular complexity index is 974. The minimum atomic E-state index is -0.367. The van der Waals surface area contributed by atoms with E-state index in [1.807, 2.05) is 31.2 Å². The quantitative estimate of drug-likeness (QED) is 0.710. The molecule has 130 valence electrons. The molecule has 0 bridgehead atoms. The highest BCUT2D eigenvalue weighted by Crippen LogP contribution is 2.31. The fraction of sp³-hybridized carbons (Fsp3) is 0.150. The molecule has 0 spiro atoms. The third-order valence-corrected chi connectivity index (χ3v) is 4.26. The maximum Gasteiger partial charge on any atom is 0.148 e. The Balaban J connectivity index is 1.55. The van der Waals surface area contributed by atoms with Gasteiger partial charge in [-0.25, -0.2) is 9.38 Å². The third-order valence-electron chi connectivity index (χ3n) is 4.26. The molecule has 2 aromatic heterocycles. The highest BCUT2D eigenvalue weighted by atomic mass is 19.1. The van der Waals surface area contributed by atoms with E-state index in [9.17, 15) is 4.39 Å². The van der Waals surface area contributed by atoms with Crippen LogP contribution in [0.1, 0.15) is 16.8 Å². The Morgan fingerprint density at radius 3 is 3.00 bits per heavy atom. The minimum Gasteiger partial charge on any atom is -0.487 e. The Morgan fingerprint density at radius 1 is 1.19 bits per heavy atom. The van der Waals surface area contributed by atoms with E-state index in [1.165, 1.54) is 6.07 Å². The molecule has 3 heterocycles. The molecule has 0 fully saturated rings. The second-order valence-electron chi connectivity index (χ2n) is 6.05. The average molecular weight is 348 g/mol. The molecule has 6 heteroatoms. The predicted molar refractivity (Wildman–Crippen MR) is 98.3 cm³/mol. The summed E-state index contributed by atoms with van der Waals surface area (Å²) in [6.45, 7) is 2.83. The second kappa shape index (κ2) is 6.92. The second-order valence-corrected chi connectivity index (χ2v) is 6.05. The zero-order valence-corrected chi connectivity index (χ0v) is 14.3. The van der Waals surface area contributed by atoms with E-state index in [0.717, 1.165) is 22.5 Å². The third kappa shape index (κ3) is 3.26. The average Bonchev–Trinajstić information content (AvgIpc) is 2.68. The first-order valence-electron chi connectivity index (χ1n) is 8.27. The van der Waals surface area contributed by atoms with E-state index < -0.39 is 0 Å². The molecular formula is C20H17FN4O. The SMILES string of the molecule is Cc1ccc(OCc2ncccc2F)cc1N1C=Nc2cnccc2C1. The van der Waals surface area contributed by atoms with E-state index in [0.29, 0.717) is 12.3 Å². The fourth-order valence-electron chi connectivity index (χ4n) is 2.83. The molecule has 1 aromatic carbocycles. The van der Waals surface area contributed by atoms with Gasteiger partial charge in [-0.05, 0) is 36.8 Å². The number of nitrogens with zero attached hydrogens (tertiary/aromatic N) is 4. The lowest BCUT2D eigenvalue weighted by Crippen LogP contribution is -2.24. The van der Waals surface area contributed by atoms with Gasteiger partial charge >= 0.3 is 0 Å². The van der Waals surface area contributed by atoms with Crippen LogP contribution < -0.4 is 9.64 Å². The summed E-state index contributed by atoms with van der Waals surface area (Å²) in [5.74, 6) is 0.290. The minimum absolute atomic E-state index is 0.0811. The number of rotatable bonds is 4. The number of hydrogen-bond acceptors (Lipinski definition) is 5. The molecular weight excluding hydrogens is 331 g/mol. The largest absolute Gasteiger partial charge is 0.487 e. The summed E-state index contributed by atoms with van der Waals surface area (Å²) in [6, 6.07) is 10.7. The van der Waals surface area contributed by atoms with E-state index in [1.54, 1.807) is 31.0 Å². The summed E-state index contributed by atoms with van der Waals surface area (Å²) in [7, 11) is 0. The lowest BCUT2D eigenvalue weighted by atomic mass is 10.1. The smallest absolute Gasteiger partial charge is 0.148 e. The van der Waals surface area contributed by atoms with Crippen LogP contribution in [0.4, 0.5) is 15.8 Å². The molecule has 4 rings (SSSR count). The van der Waals surface area contributed by atoms with Gasteiger partial charge in [0.05, 0.1) is 24.8 Å². The predicted octanol–water partition coefficient (Wildman–Crippen LogP) is 4.18.